The van der Waals surface area contributed by atoms with Crippen LogP contribution in [0.1, 0.15) is 12.5 Å². The first-order valence-corrected chi connectivity index (χ1v) is 8.15. The van der Waals surface area contributed by atoms with E-state index < -0.39 is 11.9 Å². The number of carbonyl (C=O) groups excluding carboxylic acids is 2. The summed E-state index contributed by atoms with van der Waals surface area (Å²) in [7, 11) is 0. The Kier molecular flexibility index (Phi) is 4.57. The fourth-order valence-corrected chi connectivity index (χ4v) is 3.21. The molecular weight excluding hydrogens is 328 g/mol. The molecule has 3 rings (SSSR count). The number of nitrogens with one attached hydrogen (secondary N) is 1. The minimum Gasteiger partial charge on any atom is -0.507 e. The number of benzene rings is 1. The van der Waals surface area contributed by atoms with Gasteiger partial charge in [0.15, 0.2) is 11.8 Å². The summed E-state index contributed by atoms with van der Waals surface area (Å²) < 4.78 is 0. The first-order chi connectivity index (χ1) is 11.5. The lowest BCUT2D eigenvalue weighted by Crippen LogP contribution is -2.39. The highest BCUT2D eigenvalue weighted by atomic mass is 32.2. The standard InChI is InChI=1S/C16H14N4O3S/c1-9-6-13(22)14-16(18-9)24-8-11(19-14)15(23)20-17-7-10-4-2-3-5-12(10)21/h2-7,14,21H,8H2,1H3,(H,20,23)/b17-7+. The molecule has 0 saturated heterocycles. The van der Waals surface area contributed by atoms with E-state index in [0.717, 1.165) is 0 Å². The summed E-state index contributed by atoms with van der Waals surface area (Å²) in [5.41, 5.74) is 3.72. The Hall–Kier alpha value is -2.74. The van der Waals surface area contributed by atoms with Crippen LogP contribution in [0.25, 0.3) is 0 Å². The van der Waals surface area contributed by atoms with E-state index in [2.05, 4.69) is 20.5 Å². The van der Waals surface area contributed by atoms with Gasteiger partial charge in [0, 0.05) is 23.1 Å². The molecule has 0 radical (unpaired) electrons. The molecule has 2 heterocycles. The minimum atomic E-state index is -0.727. The Morgan fingerprint density at radius 1 is 1.46 bits per heavy atom. The van der Waals surface area contributed by atoms with E-state index in [4.69, 9.17) is 0 Å². The number of aromatic hydroxyl groups is 1. The van der Waals surface area contributed by atoms with Crippen molar-refractivity contribution < 1.29 is 14.7 Å². The smallest absolute Gasteiger partial charge is 0.286 e. The number of carbonyl (C=O) groups is 2. The first kappa shape index (κ1) is 16.1. The maximum Gasteiger partial charge on any atom is 0.286 e. The first-order valence-electron chi connectivity index (χ1n) is 7.16. The quantitative estimate of drug-likeness (QED) is 0.638. The number of ketones is 1. The van der Waals surface area contributed by atoms with Crippen molar-refractivity contribution in [1.82, 2.24) is 5.43 Å². The number of thioether (sulfide) groups is 1. The van der Waals surface area contributed by atoms with Crippen LogP contribution in [0.4, 0.5) is 0 Å². The average Bonchev–Trinajstić information content (AvgIpc) is 2.56. The normalized spacial score (nSPS) is 20.1. The van der Waals surface area contributed by atoms with Gasteiger partial charge >= 0.3 is 0 Å². The molecule has 0 saturated carbocycles. The molecular formula is C16H14N4O3S. The fraction of sp³-hybridized carbons (Fsp3) is 0.188. The number of hydrazone groups is 1. The van der Waals surface area contributed by atoms with Crippen LogP contribution < -0.4 is 5.43 Å². The van der Waals surface area contributed by atoms with Crippen LogP contribution in [0.5, 0.6) is 5.75 Å². The van der Waals surface area contributed by atoms with E-state index in [9.17, 15) is 14.7 Å². The van der Waals surface area contributed by atoms with Crippen molar-refractivity contribution in [2.45, 2.75) is 13.0 Å². The van der Waals surface area contributed by atoms with Gasteiger partial charge in [-0.25, -0.2) is 10.4 Å². The van der Waals surface area contributed by atoms with Crippen LogP contribution in [0, 0.1) is 0 Å². The largest absolute Gasteiger partial charge is 0.507 e. The van der Waals surface area contributed by atoms with E-state index >= 15 is 0 Å². The highest BCUT2D eigenvalue weighted by molar-refractivity contribution is 8.14. The summed E-state index contributed by atoms with van der Waals surface area (Å²) in [6.07, 6.45) is 2.77. The molecule has 2 N–H and O–H groups in total. The van der Waals surface area contributed by atoms with Crippen molar-refractivity contribution in [2.75, 3.05) is 5.75 Å². The number of phenolic OH excluding ortho intramolecular Hbond substituents is 1. The van der Waals surface area contributed by atoms with Gasteiger partial charge in [0.1, 0.15) is 16.5 Å². The third-order valence-electron chi connectivity index (χ3n) is 3.35. The van der Waals surface area contributed by atoms with Crippen molar-refractivity contribution in [2.24, 2.45) is 15.1 Å². The summed E-state index contributed by atoms with van der Waals surface area (Å²) in [5, 5.41) is 14.0. The summed E-state index contributed by atoms with van der Waals surface area (Å²) in [5.74, 6) is -0.259. The molecule has 0 fully saturated rings. The number of allylic oxidation sites excluding steroid dienone is 1. The van der Waals surface area contributed by atoms with Gasteiger partial charge in [-0.15, -0.1) is 11.8 Å². The van der Waals surface area contributed by atoms with E-state index in [1.807, 2.05) is 0 Å². The molecule has 1 atom stereocenters. The highest BCUT2D eigenvalue weighted by Crippen LogP contribution is 2.23. The molecule has 24 heavy (non-hydrogen) atoms. The van der Waals surface area contributed by atoms with E-state index in [0.29, 0.717) is 22.1 Å². The topological polar surface area (TPSA) is 103 Å². The van der Waals surface area contributed by atoms with Gasteiger partial charge in [-0.2, -0.15) is 5.10 Å². The van der Waals surface area contributed by atoms with E-state index in [1.165, 1.54) is 30.1 Å². The van der Waals surface area contributed by atoms with Crippen LogP contribution in [0.3, 0.4) is 0 Å². The summed E-state index contributed by atoms with van der Waals surface area (Å²) in [6, 6.07) is 5.90. The zero-order valence-corrected chi connectivity index (χ0v) is 13.6. The molecule has 0 aromatic heterocycles. The zero-order chi connectivity index (χ0) is 17.1. The number of rotatable bonds is 3. The lowest BCUT2D eigenvalue weighted by molar-refractivity contribution is -0.114. The molecule has 8 heteroatoms. The molecule has 2 aliphatic heterocycles. The fourth-order valence-electron chi connectivity index (χ4n) is 2.19. The molecule has 1 aromatic rings. The predicted molar refractivity (Wildman–Crippen MR) is 93.7 cm³/mol. The van der Waals surface area contributed by atoms with Crippen LogP contribution in [-0.4, -0.2) is 45.6 Å². The monoisotopic (exact) mass is 342 g/mol. The van der Waals surface area contributed by atoms with Gasteiger partial charge in [0.25, 0.3) is 5.91 Å². The van der Waals surface area contributed by atoms with Crippen LogP contribution in [0.15, 0.2) is 51.1 Å². The Morgan fingerprint density at radius 2 is 2.25 bits per heavy atom. The third-order valence-corrected chi connectivity index (χ3v) is 4.38. The molecule has 0 spiro atoms. The van der Waals surface area contributed by atoms with Crippen LogP contribution >= 0.6 is 11.8 Å². The zero-order valence-electron chi connectivity index (χ0n) is 12.8. The second-order valence-corrected chi connectivity index (χ2v) is 6.16. The van der Waals surface area contributed by atoms with Gasteiger partial charge in [-0.1, -0.05) is 12.1 Å². The number of aliphatic imine (C=N–C) groups is 2. The number of hydrogen-bond donors (Lipinski definition) is 2. The maximum atomic E-state index is 12.1. The van der Waals surface area contributed by atoms with Crippen molar-refractivity contribution in [3.63, 3.8) is 0 Å². The maximum absolute atomic E-state index is 12.1. The van der Waals surface area contributed by atoms with Crippen LogP contribution in [-0.2, 0) is 9.59 Å². The number of hydrogen-bond acceptors (Lipinski definition) is 7. The highest BCUT2D eigenvalue weighted by Gasteiger charge is 2.32. The molecule has 122 valence electrons. The SMILES string of the molecule is CC1=CC(=O)C2N=C(C(=O)N/N=C/c3ccccc3O)CSC2=N1. The van der Waals surface area contributed by atoms with Gasteiger partial charge in [-0.05, 0) is 19.1 Å². The summed E-state index contributed by atoms with van der Waals surface area (Å²) in [4.78, 5) is 32.6. The second-order valence-electron chi connectivity index (χ2n) is 5.16. The Balaban J connectivity index is 1.68. The number of fused-ring (bicyclic) bond motifs is 1. The Bertz CT molecular complexity index is 826. The Morgan fingerprint density at radius 3 is 3.04 bits per heavy atom. The molecule has 0 bridgehead atoms. The Labute approximate surface area is 142 Å². The van der Waals surface area contributed by atoms with Gasteiger partial charge in [0.2, 0.25) is 0 Å². The lowest BCUT2D eigenvalue weighted by atomic mass is 10.1. The molecule has 2 aliphatic rings. The number of phenols is 1. The van der Waals surface area contributed by atoms with E-state index in [-0.39, 0.29) is 17.2 Å². The second kappa shape index (κ2) is 6.79. The van der Waals surface area contributed by atoms with Gasteiger partial charge < -0.3 is 5.11 Å². The van der Waals surface area contributed by atoms with Crippen LogP contribution in [0.2, 0.25) is 0 Å². The molecule has 1 aromatic carbocycles. The summed E-state index contributed by atoms with van der Waals surface area (Å²) in [6.45, 7) is 1.75. The van der Waals surface area contributed by atoms with Crippen molar-refractivity contribution in [3.05, 3.63) is 41.6 Å². The molecule has 1 amide bonds. The van der Waals surface area contributed by atoms with Crippen molar-refractivity contribution in [3.8, 4) is 5.75 Å². The number of para-hydroxylation sites is 1. The van der Waals surface area contributed by atoms with Gasteiger partial charge in [-0.3, -0.25) is 14.6 Å². The molecule has 0 aliphatic carbocycles. The third kappa shape index (κ3) is 3.43. The number of amides is 1. The number of nitrogens with zero attached hydrogens (tertiary/aromatic N) is 3. The van der Waals surface area contributed by atoms with Crippen molar-refractivity contribution in [1.29, 1.82) is 0 Å². The minimum absolute atomic E-state index is 0.0666. The van der Waals surface area contributed by atoms with E-state index in [1.54, 1.807) is 25.1 Å². The van der Waals surface area contributed by atoms with Gasteiger partial charge in [0.05, 0.1) is 6.21 Å². The average molecular weight is 342 g/mol. The summed E-state index contributed by atoms with van der Waals surface area (Å²) >= 11 is 1.33. The lowest BCUT2D eigenvalue weighted by Gasteiger charge is -2.22. The molecule has 7 nitrogen and oxygen atoms in total. The van der Waals surface area contributed by atoms with Crippen molar-refractivity contribution >= 4 is 40.4 Å². The predicted octanol–water partition coefficient (Wildman–Crippen LogP) is 1.28. The molecule has 1 unspecified atom stereocenters.